The number of aromatic nitrogens is 2. The van der Waals surface area contributed by atoms with Crippen molar-refractivity contribution in [2.45, 2.75) is 18.8 Å². The Morgan fingerprint density at radius 1 is 1.40 bits per heavy atom. The minimum Gasteiger partial charge on any atom is -0.339 e. The van der Waals surface area contributed by atoms with Crippen LogP contribution in [0.1, 0.15) is 24.7 Å². The first-order chi connectivity index (χ1) is 9.75. The van der Waals surface area contributed by atoms with Gasteiger partial charge in [0.2, 0.25) is 11.7 Å². The van der Waals surface area contributed by atoms with Gasteiger partial charge in [-0.3, -0.25) is 10.1 Å². The number of hydrogen-bond acceptors (Lipinski definition) is 6. The molecule has 2 heterocycles. The van der Waals surface area contributed by atoms with E-state index in [1.165, 1.54) is 6.07 Å². The van der Waals surface area contributed by atoms with Gasteiger partial charge in [0, 0.05) is 12.6 Å². The van der Waals surface area contributed by atoms with Gasteiger partial charge in [0.25, 0.3) is 5.69 Å². The van der Waals surface area contributed by atoms with Crippen molar-refractivity contribution >= 4 is 5.69 Å². The third-order valence-electron chi connectivity index (χ3n) is 3.43. The van der Waals surface area contributed by atoms with Gasteiger partial charge < -0.3 is 9.84 Å². The largest absolute Gasteiger partial charge is 0.339 e. The van der Waals surface area contributed by atoms with Crippen LogP contribution in [0.2, 0.25) is 0 Å². The van der Waals surface area contributed by atoms with Crippen molar-refractivity contribution < 1.29 is 9.45 Å². The van der Waals surface area contributed by atoms with E-state index in [1.807, 2.05) is 0 Å². The average Bonchev–Trinajstić information content (AvgIpc) is 2.98. The lowest BCUT2D eigenvalue weighted by atomic mass is 10.00. The summed E-state index contributed by atoms with van der Waals surface area (Å²) >= 11 is 0. The quantitative estimate of drug-likeness (QED) is 0.680. The molecule has 1 N–H and O–H groups in total. The Labute approximate surface area is 115 Å². The molecule has 1 aromatic heterocycles. The van der Waals surface area contributed by atoms with E-state index in [-0.39, 0.29) is 17.4 Å². The second-order valence-corrected chi connectivity index (χ2v) is 4.77. The molecule has 20 heavy (non-hydrogen) atoms. The van der Waals surface area contributed by atoms with Crippen LogP contribution in [-0.4, -0.2) is 28.2 Å². The molecular weight excluding hydrogens is 260 g/mol. The molecule has 0 amide bonds. The number of nitrogens with zero attached hydrogens (tertiary/aromatic N) is 3. The SMILES string of the molecule is O=[N+]([O-])c1ccccc1-c1noc([C@@H]2CCCNC2)n1. The summed E-state index contributed by atoms with van der Waals surface area (Å²) < 4.78 is 5.27. The zero-order chi connectivity index (χ0) is 13.9. The van der Waals surface area contributed by atoms with Crippen LogP contribution in [0.15, 0.2) is 28.8 Å². The monoisotopic (exact) mass is 274 g/mol. The fourth-order valence-electron chi connectivity index (χ4n) is 2.39. The fourth-order valence-corrected chi connectivity index (χ4v) is 2.39. The van der Waals surface area contributed by atoms with Crippen molar-refractivity contribution in [3.8, 4) is 11.4 Å². The van der Waals surface area contributed by atoms with E-state index in [1.54, 1.807) is 18.2 Å². The van der Waals surface area contributed by atoms with E-state index in [9.17, 15) is 10.1 Å². The van der Waals surface area contributed by atoms with E-state index < -0.39 is 4.92 Å². The Kier molecular flexibility index (Phi) is 3.42. The molecule has 2 aromatic rings. The molecule has 1 saturated heterocycles. The van der Waals surface area contributed by atoms with Crippen LogP contribution in [0.25, 0.3) is 11.4 Å². The number of rotatable bonds is 3. The number of hydrogen-bond donors (Lipinski definition) is 1. The minimum atomic E-state index is -0.437. The Bertz CT molecular complexity index is 620. The summed E-state index contributed by atoms with van der Waals surface area (Å²) in [6.45, 7) is 1.81. The second-order valence-electron chi connectivity index (χ2n) is 4.77. The molecule has 7 nitrogen and oxygen atoms in total. The smallest absolute Gasteiger partial charge is 0.280 e. The van der Waals surface area contributed by atoms with Gasteiger partial charge in [0.05, 0.1) is 10.8 Å². The highest BCUT2D eigenvalue weighted by Crippen LogP contribution is 2.29. The van der Waals surface area contributed by atoms with E-state index in [2.05, 4.69) is 15.5 Å². The van der Waals surface area contributed by atoms with Crippen LogP contribution >= 0.6 is 0 Å². The topological polar surface area (TPSA) is 94.1 Å². The number of nitro groups is 1. The number of benzene rings is 1. The molecular formula is C13H14N4O3. The maximum Gasteiger partial charge on any atom is 0.280 e. The van der Waals surface area contributed by atoms with Crippen molar-refractivity contribution in [3.63, 3.8) is 0 Å². The number of piperidine rings is 1. The molecule has 1 aromatic carbocycles. The van der Waals surface area contributed by atoms with Gasteiger partial charge in [-0.15, -0.1) is 0 Å². The van der Waals surface area contributed by atoms with Crippen LogP contribution in [0.3, 0.4) is 0 Å². The molecule has 0 aliphatic carbocycles. The predicted octanol–water partition coefficient (Wildman–Crippen LogP) is 2.11. The zero-order valence-corrected chi connectivity index (χ0v) is 10.8. The molecule has 1 atom stereocenters. The van der Waals surface area contributed by atoms with E-state index in [4.69, 9.17) is 4.52 Å². The summed E-state index contributed by atoms with van der Waals surface area (Å²) in [6.07, 6.45) is 2.05. The highest BCUT2D eigenvalue weighted by Gasteiger charge is 2.24. The summed E-state index contributed by atoms with van der Waals surface area (Å²) in [5.74, 6) is 1.01. The molecule has 1 fully saturated rings. The summed E-state index contributed by atoms with van der Waals surface area (Å²) in [5, 5.41) is 18.2. The van der Waals surface area contributed by atoms with Gasteiger partial charge in [0.15, 0.2) is 0 Å². The van der Waals surface area contributed by atoms with Crippen molar-refractivity contribution in [3.05, 3.63) is 40.3 Å². The molecule has 1 aliphatic heterocycles. The van der Waals surface area contributed by atoms with Crippen LogP contribution in [0.5, 0.6) is 0 Å². The molecule has 0 spiro atoms. The summed E-state index contributed by atoms with van der Waals surface area (Å²) in [6, 6.07) is 6.41. The predicted molar refractivity (Wildman–Crippen MR) is 71.2 cm³/mol. The Morgan fingerprint density at radius 2 is 2.25 bits per heavy atom. The zero-order valence-electron chi connectivity index (χ0n) is 10.8. The second kappa shape index (κ2) is 5.38. The molecule has 3 rings (SSSR count). The lowest BCUT2D eigenvalue weighted by Crippen LogP contribution is -2.28. The molecule has 104 valence electrons. The standard InChI is InChI=1S/C13H14N4O3/c18-17(19)11-6-2-1-5-10(11)12-15-13(20-16-12)9-4-3-7-14-8-9/h1-2,5-6,9,14H,3-4,7-8H2/t9-/m1/s1. The van der Waals surface area contributed by atoms with Crippen LogP contribution in [-0.2, 0) is 0 Å². The normalized spacial score (nSPS) is 18.9. The number of nitro benzene ring substituents is 1. The van der Waals surface area contributed by atoms with Gasteiger partial charge >= 0.3 is 0 Å². The van der Waals surface area contributed by atoms with E-state index in [0.29, 0.717) is 11.5 Å². The molecule has 0 saturated carbocycles. The highest BCUT2D eigenvalue weighted by molar-refractivity contribution is 5.67. The number of para-hydroxylation sites is 1. The third-order valence-corrected chi connectivity index (χ3v) is 3.43. The Morgan fingerprint density at radius 3 is 3.00 bits per heavy atom. The van der Waals surface area contributed by atoms with Gasteiger partial charge in [-0.2, -0.15) is 4.98 Å². The first-order valence-corrected chi connectivity index (χ1v) is 6.54. The van der Waals surface area contributed by atoms with Crippen LogP contribution in [0, 0.1) is 10.1 Å². The van der Waals surface area contributed by atoms with Crippen molar-refractivity contribution in [2.75, 3.05) is 13.1 Å². The lowest BCUT2D eigenvalue weighted by Gasteiger charge is -2.18. The highest BCUT2D eigenvalue weighted by atomic mass is 16.6. The van der Waals surface area contributed by atoms with Gasteiger partial charge in [-0.1, -0.05) is 17.3 Å². The maximum absolute atomic E-state index is 11.0. The van der Waals surface area contributed by atoms with E-state index in [0.717, 1.165) is 25.9 Å². The molecule has 0 unspecified atom stereocenters. The Balaban J connectivity index is 1.92. The summed E-state index contributed by atoms with van der Waals surface area (Å²) in [7, 11) is 0. The molecule has 0 bridgehead atoms. The Hall–Kier alpha value is -2.28. The van der Waals surface area contributed by atoms with Gasteiger partial charge in [-0.05, 0) is 25.5 Å². The van der Waals surface area contributed by atoms with Gasteiger partial charge in [-0.25, -0.2) is 0 Å². The van der Waals surface area contributed by atoms with E-state index >= 15 is 0 Å². The minimum absolute atomic E-state index is 0.0124. The molecule has 1 aliphatic rings. The van der Waals surface area contributed by atoms with Crippen LogP contribution < -0.4 is 5.32 Å². The molecule has 0 radical (unpaired) electrons. The van der Waals surface area contributed by atoms with Crippen molar-refractivity contribution in [1.29, 1.82) is 0 Å². The van der Waals surface area contributed by atoms with Crippen molar-refractivity contribution in [1.82, 2.24) is 15.5 Å². The fraction of sp³-hybridized carbons (Fsp3) is 0.385. The van der Waals surface area contributed by atoms with Gasteiger partial charge in [0.1, 0.15) is 5.56 Å². The van der Waals surface area contributed by atoms with Crippen LogP contribution in [0.4, 0.5) is 5.69 Å². The maximum atomic E-state index is 11.0. The van der Waals surface area contributed by atoms with Crippen molar-refractivity contribution in [2.24, 2.45) is 0 Å². The first kappa shape index (κ1) is 12.7. The average molecular weight is 274 g/mol. The molecule has 7 heteroatoms. The lowest BCUT2D eigenvalue weighted by molar-refractivity contribution is -0.384. The third kappa shape index (κ3) is 2.39. The summed E-state index contributed by atoms with van der Waals surface area (Å²) in [5.41, 5.74) is 0.373. The first-order valence-electron chi connectivity index (χ1n) is 6.54. The summed E-state index contributed by atoms with van der Waals surface area (Å²) in [4.78, 5) is 14.9. The number of nitrogens with one attached hydrogen (secondary N) is 1.